The molecular weight excluding hydrogens is 456 g/mol. The monoisotopic (exact) mass is 473 g/mol. The zero-order chi connectivity index (χ0) is 23.0. The highest BCUT2D eigenvalue weighted by molar-refractivity contribution is 7.92. The summed E-state index contributed by atoms with van der Waals surface area (Å²) in [6, 6.07) is 6.37. The SMILES string of the molecule is COC(=O)CC1(O)CC(S(=O)(=O)c2cc(C(=O)Nc3ccc(F)c(F)c3)ccc2Cl)C1. The quantitative estimate of drug-likeness (QED) is 0.624. The van der Waals surface area contributed by atoms with Crippen LogP contribution in [0.3, 0.4) is 0 Å². The lowest BCUT2D eigenvalue weighted by atomic mass is 9.77. The van der Waals surface area contributed by atoms with Gasteiger partial charge in [0.15, 0.2) is 21.5 Å². The first-order valence-electron chi connectivity index (χ1n) is 9.04. The fourth-order valence-corrected chi connectivity index (χ4v) is 5.80. The van der Waals surface area contributed by atoms with E-state index in [0.717, 1.165) is 31.4 Å². The van der Waals surface area contributed by atoms with E-state index >= 15 is 0 Å². The van der Waals surface area contributed by atoms with Crippen molar-refractivity contribution in [1.82, 2.24) is 0 Å². The largest absolute Gasteiger partial charge is 0.469 e. The molecule has 0 spiro atoms. The summed E-state index contributed by atoms with van der Waals surface area (Å²) >= 11 is 6.05. The molecular formula is C20H18ClF2NO6S. The van der Waals surface area contributed by atoms with Gasteiger partial charge < -0.3 is 15.2 Å². The van der Waals surface area contributed by atoms with E-state index in [-0.39, 0.29) is 40.4 Å². The summed E-state index contributed by atoms with van der Waals surface area (Å²) in [5, 5.41) is 11.5. The minimum absolute atomic E-state index is 0.0184. The molecule has 0 bridgehead atoms. The van der Waals surface area contributed by atoms with Gasteiger partial charge >= 0.3 is 5.97 Å². The number of hydrogen-bond acceptors (Lipinski definition) is 6. The van der Waals surface area contributed by atoms with Crippen molar-refractivity contribution in [2.45, 2.75) is 35.0 Å². The second-order valence-electron chi connectivity index (χ2n) is 7.28. The van der Waals surface area contributed by atoms with Crippen molar-refractivity contribution in [3.63, 3.8) is 0 Å². The van der Waals surface area contributed by atoms with E-state index in [4.69, 9.17) is 11.6 Å². The molecule has 166 valence electrons. The second kappa shape index (κ2) is 8.52. The first-order chi connectivity index (χ1) is 14.4. The molecule has 0 atom stereocenters. The summed E-state index contributed by atoms with van der Waals surface area (Å²) in [5.41, 5.74) is -1.58. The number of benzene rings is 2. The van der Waals surface area contributed by atoms with Crippen LogP contribution in [0.1, 0.15) is 29.6 Å². The lowest BCUT2D eigenvalue weighted by Gasteiger charge is -2.42. The van der Waals surface area contributed by atoms with Gasteiger partial charge in [0.05, 0.1) is 34.3 Å². The lowest BCUT2D eigenvalue weighted by molar-refractivity contribution is -0.149. The number of sulfone groups is 1. The van der Waals surface area contributed by atoms with Crippen molar-refractivity contribution in [2.75, 3.05) is 12.4 Å². The van der Waals surface area contributed by atoms with Crippen molar-refractivity contribution < 1.29 is 36.6 Å². The van der Waals surface area contributed by atoms with E-state index < -0.39 is 44.2 Å². The molecule has 11 heteroatoms. The molecule has 1 fully saturated rings. The van der Waals surface area contributed by atoms with Crippen LogP contribution in [0, 0.1) is 11.6 Å². The molecule has 0 radical (unpaired) electrons. The first kappa shape index (κ1) is 23.1. The van der Waals surface area contributed by atoms with Crippen LogP contribution in [-0.2, 0) is 19.4 Å². The maximum Gasteiger partial charge on any atom is 0.308 e. The molecule has 0 heterocycles. The summed E-state index contributed by atoms with van der Waals surface area (Å²) < 4.78 is 56.8. The number of aliphatic hydroxyl groups is 1. The maximum absolute atomic E-state index is 13.3. The van der Waals surface area contributed by atoms with Crippen LogP contribution in [-0.4, -0.2) is 43.4 Å². The number of methoxy groups -OCH3 is 1. The molecule has 31 heavy (non-hydrogen) atoms. The van der Waals surface area contributed by atoms with Gasteiger partial charge in [0.1, 0.15) is 0 Å². The molecule has 1 aliphatic rings. The standard InChI is InChI=1S/C20H18ClF2NO6S/c1-30-18(25)10-20(27)8-13(9-20)31(28,29)17-6-11(2-4-14(17)21)19(26)24-12-3-5-15(22)16(23)7-12/h2-7,13,27H,8-10H2,1H3,(H,24,26). The molecule has 7 nitrogen and oxygen atoms in total. The molecule has 0 unspecified atom stereocenters. The van der Waals surface area contributed by atoms with Crippen LogP contribution >= 0.6 is 11.6 Å². The fourth-order valence-electron chi connectivity index (χ4n) is 3.31. The number of carbonyl (C=O) groups is 2. The number of hydrogen-bond donors (Lipinski definition) is 2. The van der Waals surface area contributed by atoms with Gasteiger partial charge in [-0.15, -0.1) is 0 Å². The number of ether oxygens (including phenoxy) is 1. The number of anilines is 1. The number of halogens is 3. The molecule has 2 aromatic rings. The van der Waals surface area contributed by atoms with Crippen LogP contribution < -0.4 is 5.32 Å². The van der Waals surface area contributed by atoms with E-state index in [1.165, 1.54) is 12.1 Å². The van der Waals surface area contributed by atoms with E-state index in [1.807, 2.05) is 0 Å². The third-order valence-corrected chi connectivity index (χ3v) is 7.64. The lowest BCUT2D eigenvalue weighted by Crippen LogP contribution is -2.51. The predicted molar refractivity (Wildman–Crippen MR) is 108 cm³/mol. The van der Waals surface area contributed by atoms with Crippen LogP contribution in [0.15, 0.2) is 41.3 Å². The molecule has 0 saturated heterocycles. The topological polar surface area (TPSA) is 110 Å². The number of nitrogens with one attached hydrogen (secondary N) is 1. The normalized spacial score (nSPS) is 20.6. The Morgan fingerprint density at radius 1 is 1.19 bits per heavy atom. The highest BCUT2D eigenvalue weighted by atomic mass is 35.5. The number of carbonyl (C=O) groups excluding carboxylic acids is 2. The number of rotatable bonds is 6. The van der Waals surface area contributed by atoms with E-state index in [2.05, 4.69) is 10.1 Å². The van der Waals surface area contributed by atoms with Gasteiger partial charge in [0, 0.05) is 17.3 Å². The smallest absolute Gasteiger partial charge is 0.308 e. The highest BCUT2D eigenvalue weighted by Gasteiger charge is 2.51. The van der Waals surface area contributed by atoms with Crippen LogP contribution in [0.5, 0.6) is 0 Å². The van der Waals surface area contributed by atoms with Gasteiger partial charge in [-0.05, 0) is 43.2 Å². The third-order valence-electron chi connectivity index (χ3n) is 5.03. The molecule has 1 saturated carbocycles. The zero-order valence-corrected chi connectivity index (χ0v) is 17.8. The van der Waals surface area contributed by atoms with Crippen molar-refractivity contribution in [3.05, 3.63) is 58.6 Å². The molecule has 3 rings (SSSR count). The Bertz CT molecular complexity index is 1150. The highest BCUT2D eigenvalue weighted by Crippen LogP contribution is 2.43. The van der Waals surface area contributed by atoms with Gasteiger partial charge in [-0.2, -0.15) is 0 Å². The fraction of sp³-hybridized carbons (Fsp3) is 0.300. The Kier molecular flexibility index (Phi) is 6.35. The van der Waals surface area contributed by atoms with Gasteiger partial charge in [0.2, 0.25) is 0 Å². The van der Waals surface area contributed by atoms with Gasteiger partial charge in [-0.1, -0.05) is 11.6 Å². The first-order valence-corrected chi connectivity index (χ1v) is 11.0. The summed E-state index contributed by atoms with van der Waals surface area (Å²) in [7, 11) is -2.86. The third kappa shape index (κ3) is 4.86. The van der Waals surface area contributed by atoms with Crippen LogP contribution in [0.25, 0.3) is 0 Å². The van der Waals surface area contributed by atoms with Gasteiger partial charge in [-0.3, -0.25) is 9.59 Å². The van der Waals surface area contributed by atoms with Crippen molar-refractivity contribution in [3.8, 4) is 0 Å². The van der Waals surface area contributed by atoms with Gasteiger partial charge in [0.25, 0.3) is 5.91 Å². The Labute approximate surface area is 181 Å². The zero-order valence-electron chi connectivity index (χ0n) is 16.2. The molecule has 1 amide bonds. The number of esters is 1. The van der Waals surface area contributed by atoms with E-state index in [9.17, 15) is 31.9 Å². The molecule has 2 aromatic carbocycles. The van der Waals surface area contributed by atoms with Gasteiger partial charge in [-0.25, -0.2) is 17.2 Å². The van der Waals surface area contributed by atoms with Crippen molar-refractivity contribution in [2.24, 2.45) is 0 Å². The summed E-state index contributed by atoms with van der Waals surface area (Å²) in [5.74, 6) is -3.64. The predicted octanol–water partition coefficient (Wildman–Crippen LogP) is 3.10. The van der Waals surface area contributed by atoms with Crippen LogP contribution in [0.4, 0.5) is 14.5 Å². The van der Waals surface area contributed by atoms with Crippen molar-refractivity contribution >= 4 is 39.0 Å². The summed E-state index contributed by atoms with van der Waals surface area (Å²) in [6.45, 7) is 0. The Balaban J connectivity index is 1.79. The number of amides is 1. The Morgan fingerprint density at radius 2 is 1.87 bits per heavy atom. The van der Waals surface area contributed by atoms with E-state index in [1.54, 1.807) is 0 Å². The van der Waals surface area contributed by atoms with E-state index in [0.29, 0.717) is 0 Å². The Hall–Kier alpha value is -2.56. The molecule has 2 N–H and O–H groups in total. The Morgan fingerprint density at radius 3 is 2.48 bits per heavy atom. The molecule has 0 aliphatic heterocycles. The summed E-state index contributed by atoms with van der Waals surface area (Å²) in [4.78, 5) is 23.5. The second-order valence-corrected chi connectivity index (χ2v) is 9.88. The maximum atomic E-state index is 13.3. The average Bonchev–Trinajstić information content (AvgIpc) is 2.68. The van der Waals surface area contributed by atoms with Crippen LogP contribution in [0.2, 0.25) is 5.02 Å². The minimum Gasteiger partial charge on any atom is -0.469 e. The van der Waals surface area contributed by atoms with Crippen molar-refractivity contribution in [1.29, 1.82) is 0 Å². The average molecular weight is 474 g/mol. The molecule has 0 aromatic heterocycles. The molecule has 1 aliphatic carbocycles. The minimum atomic E-state index is -4.02. The summed E-state index contributed by atoms with van der Waals surface area (Å²) in [6.07, 6.45) is -0.710.